The zero-order valence-corrected chi connectivity index (χ0v) is 15.2. The van der Waals surface area contributed by atoms with Gasteiger partial charge in [-0.25, -0.2) is 14.4 Å². The van der Waals surface area contributed by atoms with Gasteiger partial charge in [0.1, 0.15) is 11.6 Å². The first kappa shape index (κ1) is 19.7. The molecule has 0 amide bonds. The van der Waals surface area contributed by atoms with Crippen LogP contribution in [0.4, 0.5) is 10.2 Å². The molecule has 4 nitrogen and oxygen atoms in total. The van der Waals surface area contributed by atoms with Crippen molar-refractivity contribution in [3.05, 3.63) is 54.7 Å². The molecule has 0 bridgehead atoms. The van der Waals surface area contributed by atoms with Gasteiger partial charge in [-0.15, -0.1) is 0 Å². The lowest BCUT2D eigenvalue weighted by Crippen LogP contribution is -1.92. The highest BCUT2D eigenvalue weighted by atomic mass is 32.2. The van der Waals surface area contributed by atoms with E-state index in [0.29, 0.717) is 5.82 Å². The van der Waals surface area contributed by atoms with Gasteiger partial charge in [-0.3, -0.25) is 0 Å². The van der Waals surface area contributed by atoms with Gasteiger partial charge in [-0.1, -0.05) is 44.3 Å². The molecule has 2 heterocycles. The summed E-state index contributed by atoms with van der Waals surface area (Å²) in [7, 11) is 0. The number of thioether (sulfide) groups is 1. The fourth-order valence-corrected chi connectivity index (χ4v) is 2.35. The number of nitrogens with zero attached hydrogens (tertiary/aromatic N) is 2. The Labute approximate surface area is 146 Å². The minimum atomic E-state index is -0.501. The van der Waals surface area contributed by atoms with E-state index in [1.807, 2.05) is 39.2 Å². The Hall–Kier alpha value is -2.34. The van der Waals surface area contributed by atoms with Crippen LogP contribution in [0.25, 0.3) is 16.8 Å². The van der Waals surface area contributed by atoms with Gasteiger partial charge in [0.25, 0.3) is 0 Å². The minimum Gasteiger partial charge on any atom is -0.384 e. The van der Waals surface area contributed by atoms with E-state index < -0.39 is 5.83 Å². The van der Waals surface area contributed by atoms with E-state index >= 15 is 0 Å². The summed E-state index contributed by atoms with van der Waals surface area (Å²) in [5.74, 6) is -0.0782. The molecule has 2 aromatic rings. The first-order valence-electron chi connectivity index (χ1n) is 7.60. The van der Waals surface area contributed by atoms with Crippen LogP contribution in [-0.2, 0) is 0 Å². The number of hydrogen-bond acceptors (Lipinski definition) is 4. The van der Waals surface area contributed by atoms with Crippen LogP contribution in [0.15, 0.2) is 54.1 Å². The number of rotatable bonds is 5. The highest BCUT2D eigenvalue weighted by Gasteiger charge is 2.14. The molecule has 0 aromatic carbocycles. The lowest BCUT2D eigenvalue weighted by molar-refractivity contribution is 0.671. The van der Waals surface area contributed by atoms with Crippen LogP contribution in [-0.4, -0.2) is 21.2 Å². The molecule has 0 atom stereocenters. The molecule has 0 fully saturated rings. The van der Waals surface area contributed by atoms with Gasteiger partial charge < -0.3 is 10.7 Å². The molecule has 24 heavy (non-hydrogen) atoms. The summed E-state index contributed by atoms with van der Waals surface area (Å²) in [5.41, 5.74) is 8.97. The molecule has 0 saturated heterocycles. The van der Waals surface area contributed by atoms with Gasteiger partial charge in [0, 0.05) is 11.8 Å². The van der Waals surface area contributed by atoms with Crippen molar-refractivity contribution >= 4 is 23.2 Å². The van der Waals surface area contributed by atoms with E-state index in [1.54, 1.807) is 18.3 Å². The van der Waals surface area contributed by atoms with E-state index in [2.05, 4.69) is 21.5 Å². The molecule has 3 N–H and O–H groups in total. The molecule has 0 aliphatic heterocycles. The predicted molar refractivity (Wildman–Crippen MR) is 102 cm³/mol. The molecule has 2 aromatic heterocycles. The lowest BCUT2D eigenvalue weighted by atomic mass is 10.1. The van der Waals surface area contributed by atoms with E-state index in [0.717, 1.165) is 27.7 Å². The van der Waals surface area contributed by atoms with Crippen molar-refractivity contribution < 1.29 is 4.39 Å². The van der Waals surface area contributed by atoms with Gasteiger partial charge >= 0.3 is 0 Å². The number of anilines is 1. The Kier molecular flexibility index (Phi) is 7.98. The monoisotopic (exact) mass is 346 g/mol. The Morgan fingerprint density at radius 2 is 2.08 bits per heavy atom. The molecule has 0 radical (unpaired) electrons. The van der Waals surface area contributed by atoms with Crippen LogP contribution in [0.5, 0.6) is 0 Å². The van der Waals surface area contributed by atoms with Crippen LogP contribution >= 0.6 is 11.8 Å². The standard InChI is InChI=1S/C16H17FN4S.C2H6/c1-4-11(6-5-10(2)17)14-15(21-16(20-14)22-3)12-7-8-19-13(18)9-12;1-2/h4-9H,2H2,1,3H3,(H2,18,19)(H,20,21);1-2H3/b6-5-,11-4+;. The fraction of sp³-hybridized carbons (Fsp3) is 0.222. The number of aromatic nitrogens is 3. The Morgan fingerprint density at radius 3 is 2.62 bits per heavy atom. The van der Waals surface area contributed by atoms with Crippen LogP contribution < -0.4 is 5.73 Å². The maximum atomic E-state index is 12.9. The molecule has 0 spiro atoms. The molecular formula is C18H23FN4S. The zero-order valence-electron chi connectivity index (χ0n) is 14.4. The van der Waals surface area contributed by atoms with Gasteiger partial charge in [0.05, 0.1) is 11.4 Å². The summed E-state index contributed by atoms with van der Waals surface area (Å²) >= 11 is 1.50. The SMILES string of the molecule is C=C(F)/C=C\C(=C/C)c1[nH]c(SC)nc1-c1ccnc(N)c1.CC. The van der Waals surface area contributed by atoms with Crippen LogP contribution in [0.2, 0.25) is 0 Å². The summed E-state index contributed by atoms with van der Waals surface area (Å²) in [5, 5.41) is 0.771. The van der Waals surface area contributed by atoms with Crippen molar-refractivity contribution in [2.45, 2.75) is 25.9 Å². The van der Waals surface area contributed by atoms with Crippen LogP contribution in [0, 0.1) is 0 Å². The molecule has 6 heteroatoms. The molecule has 0 saturated carbocycles. The van der Waals surface area contributed by atoms with E-state index in [4.69, 9.17) is 5.73 Å². The second kappa shape index (κ2) is 9.72. The number of halogens is 1. The molecule has 128 valence electrons. The number of H-pyrrole nitrogens is 1. The second-order valence-electron chi connectivity index (χ2n) is 4.46. The second-order valence-corrected chi connectivity index (χ2v) is 5.26. The Balaban J connectivity index is 0.00000139. The topological polar surface area (TPSA) is 67.6 Å². The van der Waals surface area contributed by atoms with Gasteiger partial charge in [0.15, 0.2) is 5.16 Å². The van der Waals surface area contributed by atoms with Gasteiger partial charge in [-0.05, 0) is 37.0 Å². The van der Waals surface area contributed by atoms with E-state index in [-0.39, 0.29) is 0 Å². The summed E-state index contributed by atoms with van der Waals surface area (Å²) in [4.78, 5) is 11.8. The molecule has 0 unspecified atom stereocenters. The number of nitrogens with one attached hydrogen (secondary N) is 1. The minimum absolute atomic E-state index is 0.423. The number of hydrogen-bond donors (Lipinski definition) is 2. The average Bonchev–Trinajstić information content (AvgIpc) is 3.01. The summed E-state index contributed by atoms with van der Waals surface area (Å²) in [6.07, 6.45) is 8.43. The zero-order chi connectivity index (χ0) is 18.1. The van der Waals surface area contributed by atoms with E-state index in [9.17, 15) is 4.39 Å². The van der Waals surface area contributed by atoms with Crippen molar-refractivity contribution in [3.63, 3.8) is 0 Å². The summed E-state index contributed by atoms with van der Waals surface area (Å²) < 4.78 is 12.9. The predicted octanol–water partition coefficient (Wildman–Crippen LogP) is 5.24. The highest BCUT2D eigenvalue weighted by Crippen LogP contribution is 2.30. The number of nitrogen functional groups attached to an aromatic ring is 1. The van der Waals surface area contributed by atoms with Gasteiger partial charge in [-0.2, -0.15) is 0 Å². The van der Waals surface area contributed by atoms with Crippen molar-refractivity contribution in [1.29, 1.82) is 0 Å². The molecule has 0 aliphatic carbocycles. The third-order valence-corrected chi connectivity index (χ3v) is 3.55. The first-order valence-corrected chi connectivity index (χ1v) is 8.82. The highest BCUT2D eigenvalue weighted by molar-refractivity contribution is 7.98. The lowest BCUT2D eigenvalue weighted by Gasteiger charge is -2.04. The van der Waals surface area contributed by atoms with Crippen molar-refractivity contribution in [3.8, 4) is 11.3 Å². The number of aromatic amines is 1. The Bertz CT molecular complexity index is 747. The normalized spacial score (nSPS) is 11.3. The largest absolute Gasteiger partial charge is 0.384 e. The maximum absolute atomic E-state index is 12.9. The third kappa shape index (κ3) is 5.09. The maximum Gasteiger partial charge on any atom is 0.166 e. The molecule has 0 aliphatic rings. The number of imidazole rings is 1. The Morgan fingerprint density at radius 1 is 1.38 bits per heavy atom. The molecular weight excluding hydrogens is 323 g/mol. The smallest absolute Gasteiger partial charge is 0.166 e. The number of pyridine rings is 1. The van der Waals surface area contributed by atoms with Gasteiger partial charge in [0.2, 0.25) is 0 Å². The third-order valence-electron chi connectivity index (χ3n) is 2.97. The quantitative estimate of drug-likeness (QED) is 0.573. The fourth-order valence-electron chi connectivity index (χ4n) is 1.97. The summed E-state index contributed by atoms with van der Waals surface area (Å²) in [6, 6.07) is 3.60. The first-order chi connectivity index (χ1) is 11.5. The van der Waals surface area contributed by atoms with Crippen molar-refractivity contribution in [1.82, 2.24) is 15.0 Å². The average molecular weight is 346 g/mol. The molecule has 2 rings (SSSR count). The number of nitrogens with two attached hydrogens (primary N) is 1. The van der Waals surface area contributed by atoms with Crippen molar-refractivity contribution in [2.24, 2.45) is 0 Å². The van der Waals surface area contributed by atoms with E-state index in [1.165, 1.54) is 17.8 Å². The van der Waals surface area contributed by atoms with Crippen molar-refractivity contribution in [2.75, 3.05) is 12.0 Å². The number of allylic oxidation sites excluding steroid dienone is 5. The van der Waals surface area contributed by atoms with Crippen LogP contribution in [0.1, 0.15) is 26.5 Å². The van der Waals surface area contributed by atoms with Crippen LogP contribution in [0.3, 0.4) is 0 Å². The summed E-state index contributed by atoms with van der Waals surface area (Å²) in [6.45, 7) is 9.11.